The molecule has 1 aromatic heterocycles. The number of amides is 1. The van der Waals surface area contributed by atoms with E-state index in [1.165, 1.54) is 4.90 Å². The average molecular weight is 254 g/mol. The Kier molecular flexibility index (Phi) is 4.07. The van der Waals surface area contributed by atoms with Crippen LogP contribution in [0.2, 0.25) is 0 Å². The molecule has 0 unspecified atom stereocenters. The number of H-pyrrole nitrogens is 2. The molecule has 0 saturated carbocycles. The number of hydrogen-bond donors (Lipinski definition) is 3. The van der Waals surface area contributed by atoms with Crippen LogP contribution in [0.3, 0.4) is 0 Å². The van der Waals surface area contributed by atoms with Crippen LogP contribution in [0, 0.1) is 5.41 Å². The molecule has 0 aliphatic carbocycles. The molecular formula is C11H18N4O3. The van der Waals surface area contributed by atoms with Crippen molar-refractivity contribution in [3.8, 4) is 0 Å². The van der Waals surface area contributed by atoms with E-state index in [0.29, 0.717) is 13.1 Å². The topological polar surface area (TPSA) is 112 Å². The van der Waals surface area contributed by atoms with E-state index in [0.717, 1.165) is 6.07 Å². The van der Waals surface area contributed by atoms with Crippen molar-refractivity contribution < 1.29 is 4.79 Å². The normalized spacial score (nSPS) is 11.3. The molecule has 4 N–H and O–H groups in total. The summed E-state index contributed by atoms with van der Waals surface area (Å²) in [5.74, 6) is -0.417. The van der Waals surface area contributed by atoms with Gasteiger partial charge in [0.2, 0.25) is 0 Å². The van der Waals surface area contributed by atoms with E-state index in [1.54, 1.807) is 7.05 Å². The maximum Gasteiger partial charge on any atom is 0.326 e. The summed E-state index contributed by atoms with van der Waals surface area (Å²) in [6.07, 6.45) is 0. The first-order valence-corrected chi connectivity index (χ1v) is 5.54. The lowest BCUT2D eigenvalue weighted by atomic mass is 9.93. The Labute approximate surface area is 104 Å². The van der Waals surface area contributed by atoms with E-state index >= 15 is 0 Å². The zero-order valence-electron chi connectivity index (χ0n) is 10.7. The summed E-state index contributed by atoms with van der Waals surface area (Å²) in [5, 5.41) is 0. The molecule has 0 saturated heterocycles. The molecule has 0 bridgehead atoms. The van der Waals surface area contributed by atoms with Gasteiger partial charge >= 0.3 is 5.69 Å². The molecule has 1 rings (SSSR count). The fourth-order valence-corrected chi connectivity index (χ4v) is 1.57. The molecule has 1 aromatic rings. The van der Waals surface area contributed by atoms with Crippen molar-refractivity contribution in [1.29, 1.82) is 0 Å². The molecule has 7 heteroatoms. The summed E-state index contributed by atoms with van der Waals surface area (Å²) in [6, 6.07) is 1.07. The zero-order valence-corrected chi connectivity index (χ0v) is 10.7. The highest BCUT2D eigenvalue weighted by Gasteiger charge is 2.22. The second kappa shape index (κ2) is 5.18. The van der Waals surface area contributed by atoms with Gasteiger partial charge in [0.15, 0.2) is 0 Å². The molecule has 0 aliphatic rings. The van der Waals surface area contributed by atoms with Gasteiger partial charge in [0.25, 0.3) is 11.5 Å². The van der Waals surface area contributed by atoms with E-state index < -0.39 is 17.2 Å². The van der Waals surface area contributed by atoms with Gasteiger partial charge in [-0.2, -0.15) is 0 Å². The Morgan fingerprint density at radius 1 is 1.39 bits per heavy atom. The van der Waals surface area contributed by atoms with Gasteiger partial charge in [0, 0.05) is 19.7 Å². The van der Waals surface area contributed by atoms with Crippen molar-refractivity contribution >= 4 is 5.91 Å². The number of aromatic amines is 2. The number of nitrogens with zero attached hydrogens (tertiary/aromatic N) is 1. The van der Waals surface area contributed by atoms with Gasteiger partial charge in [-0.25, -0.2) is 4.79 Å². The van der Waals surface area contributed by atoms with E-state index in [1.807, 2.05) is 18.8 Å². The smallest absolute Gasteiger partial charge is 0.326 e. The highest BCUT2D eigenvalue weighted by Crippen LogP contribution is 2.14. The Morgan fingerprint density at radius 3 is 2.50 bits per heavy atom. The summed E-state index contributed by atoms with van der Waals surface area (Å²) >= 11 is 0. The minimum atomic E-state index is -0.697. The molecule has 0 radical (unpaired) electrons. The van der Waals surface area contributed by atoms with E-state index in [4.69, 9.17) is 5.73 Å². The first kappa shape index (κ1) is 14.2. The van der Waals surface area contributed by atoms with Crippen LogP contribution in [0.15, 0.2) is 15.7 Å². The Balaban J connectivity index is 2.93. The highest BCUT2D eigenvalue weighted by atomic mass is 16.2. The lowest BCUT2D eigenvalue weighted by Gasteiger charge is -2.28. The standard InChI is InChI=1S/C11H18N4O3/c1-11(2,5-12)6-15(3)9(17)7-4-8(16)14-10(18)13-7/h4H,5-6,12H2,1-3H3,(H2,13,14,16,18). The van der Waals surface area contributed by atoms with Crippen LogP contribution in [-0.4, -0.2) is 40.9 Å². The fourth-order valence-electron chi connectivity index (χ4n) is 1.57. The lowest BCUT2D eigenvalue weighted by molar-refractivity contribution is 0.0734. The van der Waals surface area contributed by atoms with Crippen molar-refractivity contribution in [1.82, 2.24) is 14.9 Å². The summed E-state index contributed by atoms with van der Waals surface area (Å²) in [7, 11) is 1.60. The molecule has 100 valence electrons. The van der Waals surface area contributed by atoms with Crippen LogP contribution in [0.5, 0.6) is 0 Å². The number of aromatic nitrogens is 2. The van der Waals surface area contributed by atoms with Gasteiger partial charge in [0.1, 0.15) is 5.69 Å². The molecule has 7 nitrogen and oxygen atoms in total. The number of nitrogens with one attached hydrogen (secondary N) is 2. The maximum absolute atomic E-state index is 12.0. The van der Waals surface area contributed by atoms with Crippen molar-refractivity contribution in [2.75, 3.05) is 20.1 Å². The first-order chi connectivity index (χ1) is 8.25. The van der Waals surface area contributed by atoms with Crippen molar-refractivity contribution in [2.24, 2.45) is 11.1 Å². The zero-order chi connectivity index (χ0) is 13.9. The molecule has 18 heavy (non-hydrogen) atoms. The number of carbonyl (C=O) groups is 1. The predicted octanol–water partition coefficient (Wildman–Crippen LogP) is -0.880. The van der Waals surface area contributed by atoms with Crippen LogP contribution in [0.25, 0.3) is 0 Å². The summed E-state index contributed by atoms with van der Waals surface area (Å²) in [4.78, 5) is 39.9. The van der Waals surface area contributed by atoms with Gasteiger partial charge in [-0.3, -0.25) is 14.6 Å². The summed E-state index contributed by atoms with van der Waals surface area (Å²) in [5.41, 5.74) is 4.03. The molecule has 0 aromatic carbocycles. The SMILES string of the molecule is CN(CC(C)(C)CN)C(=O)c1cc(=O)[nH]c(=O)[nH]1. The average Bonchev–Trinajstić information content (AvgIpc) is 2.26. The first-order valence-electron chi connectivity index (χ1n) is 5.54. The Morgan fingerprint density at radius 2 is 2.00 bits per heavy atom. The van der Waals surface area contributed by atoms with E-state index in [2.05, 4.69) is 4.98 Å². The minimum absolute atomic E-state index is 0.0286. The number of carbonyl (C=O) groups excluding carboxylic acids is 1. The van der Waals surface area contributed by atoms with Gasteiger partial charge in [-0.15, -0.1) is 0 Å². The van der Waals surface area contributed by atoms with Crippen LogP contribution >= 0.6 is 0 Å². The molecule has 0 aliphatic heterocycles. The molecule has 0 fully saturated rings. The van der Waals surface area contributed by atoms with Gasteiger partial charge < -0.3 is 15.6 Å². The number of rotatable bonds is 4. The molecule has 0 atom stereocenters. The number of hydrogen-bond acceptors (Lipinski definition) is 4. The van der Waals surface area contributed by atoms with Crippen LogP contribution in [0.4, 0.5) is 0 Å². The Hall–Kier alpha value is -1.89. The fraction of sp³-hybridized carbons (Fsp3) is 0.545. The molecule has 1 amide bonds. The maximum atomic E-state index is 12.0. The van der Waals surface area contributed by atoms with Gasteiger partial charge in [-0.05, 0) is 12.0 Å². The van der Waals surface area contributed by atoms with Crippen molar-refractivity contribution in [2.45, 2.75) is 13.8 Å². The third-order valence-corrected chi connectivity index (χ3v) is 2.56. The van der Waals surface area contributed by atoms with Crippen LogP contribution in [-0.2, 0) is 0 Å². The third kappa shape index (κ3) is 3.56. The largest absolute Gasteiger partial charge is 0.340 e. The van der Waals surface area contributed by atoms with Gasteiger partial charge in [-0.1, -0.05) is 13.8 Å². The number of nitrogens with two attached hydrogens (primary N) is 1. The third-order valence-electron chi connectivity index (χ3n) is 2.56. The molecule has 1 heterocycles. The van der Waals surface area contributed by atoms with Gasteiger partial charge in [0.05, 0.1) is 0 Å². The quantitative estimate of drug-likeness (QED) is 0.647. The minimum Gasteiger partial charge on any atom is -0.340 e. The molecular weight excluding hydrogens is 236 g/mol. The van der Waals surface area contributed by atoms with E-state index in [-0.39, 0.29) is 11.1 Å². The van der Waals surface area contributed by atoms with Crippen molar-refractivity contribution in [3.63, 3.8) is 0 Å². The second-order valence-electron chi connectivity index (χ2n) is 5.03. The predicted molar refractivity (Wildman–Crippen MR) is 67.5 cm³/mol. The molecule has 0 spiro atoms. The summed E-state index contributed by atoms with van der Waals surface area (Å²) < 4.78 is 0. The van der Waals surface area contributed by atoms with E-state index in [9.17, 15) is 14.4 Å². The summed E-state index contributed by atoms with van der Waals surface area (Å²) in [6.45, 7) is 4.71. The monoisotopic (exact) mass is 254 g/mol. The highest BCUT2D eigenvalue weighted by molar-refractivity contribution is 5.91. The van der Waals surface area contributed by atoms with Crippen molar-refractivity contribution in [3.05, 3.63) is 32.6 Å². The van der Waals surface area contributed by atoms with Crippen LogP contribution < -0.4 is 17.0 Å². The van der Waals surface area contributed by atoms with Crippen LogP contribution in [0.1, 0.15) is 24.3 Å². The lowest BCUT2D eigenvalue weighted by Crippen LogP contribution is -2.41. The Bertz CT molecular complexity index is 515. The second-order valence-corrected chi connectivity index (χ2v) is 5.03.